The standard InChI is InChI=1S/C10H13NO5/c1-4(12)7-5-3-6(16-2)8(10(14)15)11(5)9(7)13/h4-5,7,12H,3H2,1-2H3,(H,14,15)/p-1/t4-,5-,7-/m1/s1. The lowest BCUT2D eigenvalue weighted by Gasteiger charge is -2.45. The third-order valence-corrected chi connectivity index (χ3v) is 3.13. The SMILES string of the molecule is COC1=C(C(=O)[O-])N2C(=O)[C@H]([C@@H](C)O)[C@H]2C1. The van der Waals surface area contributed by atoms with Gasteiger partial charge in [0.15, 0.2) is 0 Å². The molecule has 3 atom stereocenters. The number of rotatable bonds is 3. The number of methoxy groups -OCH3 is 1. The van der Waals surface area contributed by atoms with Gasteiger partial charge in [0.1, 0.15) is 11.5 Å². The predicted molar refractivity (Wildman–Crippen MR) is 49.5 cm³/mol. The molecule has 1 N–H and O–H groups in total. The Bertz CT molecular complexity index is 387. The molecular weight excluding hydrogens is 214 g/mol. The first kappa shape index (κ1) is 10.9. The highest BCUT2D eigenvalue weighted by Gasteiger charge is 2.55. The molecule has 2 rings (SSSR count). The fourth-order valence-electron chi connectivity index (χ4n) is 2.40. The van der Waals surface area contributed by atoms with E-state index in [1.165, 1.54) is 14.0 Å². The smallest absolute Gasteiger partial charge is 0.235 e. The number of carboxylic acid groups (broad SMARTS) is 1. The number of ether oxygens (including phenoxy) is 1. The number of carbonyl (C=O) groups excluding carboxylic acids is 2. The number of nitrogens with zero attached hydrogens (tertiary/aromatic N) is 1. The van der Waals surface area contributed by atoms with Crippen LogP contribution in [0.1, 0.15) is 13.3 Å². The van der Waals surface area contributed by atoms with Crippen molar-refractivity contribution in [2.24, 2.45) is 5.92 Å². The summed E-state index contributed by atoms with van der Waals surface area (Å²) in [7, 11) is 1.35. The Morgan fingerprint density at radius 2 is 2.31 bits per heavy atom. The van der Waals surface area contributed by atoms with Gasteiger partial charge in [-0.05, 0) is 6.92 Å². The average molecular weight is 226 g/mol. The van der Waals surface area contributed by atoms with E-state index in [2.05, 4.69) is 0 Å². The summed E-state index contributed by atoms with van der Waals surface area (Å²) in [5.74, 6) is -2.11. The summed E-state index contributed by atoms with van der Waals surface area (Å²) < 4.78 is 4.93. The van der Waals surface area contributed by atoms with Crippen molar-refractivity contribution in [1.82, 2.24) is 4.90 Å². The lowest BCUT2D eigenvalue weighted by molar-refractivity contribution is -0.302. The zero-order valence-electron chi connectivity index (χ0n) is 8.97. The van der Waals surface area contributed by atoms with E-state index in [4.69, 9.17) is 4.74 Å². The fraction of sp³-hybridized carbons (Fsp3) is 0.600. The van der Waals surface area contributed by atoms with E-state index in [0.717, 1.165) is 4.90 Å². The normalized spacial score (nSPS) is 29.9. The van der Waals surface area contributed by atoms with Gasteiger partial charge in [-0.2, -0.15) is 0 Å². The van der Waals surface area contributed by atoms with Gasteiger partial charge in [-0.1, -0.05) is 0 Å². The second-order valence-electron chi connectivity index (χ2n) is 4.01. The van der Waals surface area contributed by atoms with Gasteiger partial charge in [0.25, 0.3) is 0 Å². The number of carbonyl (C=O) groups is 2. The van der Waals surface area contributed by atoms with Crippen molar-refractivity contribution in [1.29, 1.82) is 0 Å². The Morgan fingerprint density at radius 3 is 2.75 bits per heavy atom. The van der Waals surface area contributed by atoms with Gasteiger partial charge >= 0.3 is 0 Å². The van der Waals surface area contributed by atoms with E-state index in [-0.39, 0.29) is 23.4 Å². The minimum absolute atomic E-state index is 0.200. The molecule has 0 spiro atoms. The third kappa shape index (κ3) is 1.23. The van der Waals surface area contributed by atoms with Gasteiger partial charge < -0.3 is 24.6 Å². The number of aliphatic hydroxyl groups is 1. The number of fused-ring (bicyclic) bond motifs is 1. The average Bonchev–Trinajstić information content (AvgIpc) is 2.51. The van der Waals surface area contributed by atoms with Gasteiger partial charge in [-0.15, -0.1) is 0 Å². The fourth-order valence-corrected chi connectivity index (χ4v) is 2.40. The Kier molecular flexibility index (Phi) is 2.38. The highest BCUT2D eigenvalue weighted by Crippen LogP contribution is 2.43. The van der Waals surface area contributed by atoms with Crippen LogP contribution in [0.4, 0.5) is 0 Å². The Hall–Kier alpha value is -1.56. The largest absolute Gasteiger partial charge is 0.543 e. The van der Waals surface area contributed by atoms with Crippen LogP contribution in [0.5, 0.6) is 0 Å². The van der Waals surface area contributed by atoms with E-state index >= 15 is 0 Å². The van der Waals surface area contributed by atoms with Gasteiger partial charge in [-0.3, -0.25) is 4.79 Å². The minimum Gasteiger partial charge on any atom is -0.543 e. The molecule has 0 aromatic heterocycles. The minimum atomic E-state index is -1.42. The van der Waals surface area contributed by atoms with E-state index in [1.807, 2.05) is 0 Å². The van der Waals surface area contributed by atoms with Crippen molar-refractivity contribution >= 4 is 11.9 Å². The molecule has 0 aromatic carbocycles. The number of hydrogen-bond acceptors (Lipinski definition) is 5. The van der Waals surface area contributed by atoms with Crippen LogP contribution in [0.3, 0.4) is 0 Å². The second kappa shape index (κ2) is 3.48. The number of amides is 1. The van der Waals surface area contributed by atoms with Crippen LogP contribution in [0.15, 0.2) is 11.5 Å². The summed E-state index contributed by atoms with van der Waals surface area (Å²) in [6.07, 6.45) is -0.464. The van der Waals surface area contributed by atoms with E-state index in [9.17, 15) is 19.8 Å². The van der Waals surface area contributed by atoms with E-state index in [0.29, 0.717) is 6.42 Å². The van der Waals surface area contributed by atoms with Gasteiger partial charge in [0.05, 0.1) is 31.1 Å². The highest BCUT2D eigenvalue weighted by molar-refractivity contribution is 5.98. The molecule has 0 saturated carbocycles. The first-order chi connectivity index (χ1) is 7.49. The molecule has 0 aromatic rings. The van der Waals surface area contributed by atoms with Crippen molar-refractivity contribution in [2.75, 3.05) is 7.11 Å². The van der Waals surface area contributed by atoms with Gasteiger partial charge in [-0.25, -0.2) is 0 Å². The summed E-state index contributed by atoms with van der Waals surface area (Å²) in [5, 5.41) is 20.3. The van der Waals surface area contributed by atoms with Crippen molar-refractivity contribution in [3.05, 3.63) is 11.5 Å². The first-order valence-corrected chi connectivity index (χ1v) is 4.98. The Balaban J connectivity index is 2.29. The topological polar surface area (TPSA) is 89.9 Å². The van der Waals surface area contributed by atoms with Gasteiger partial charge in [0.2, 0.25) is 5.91 Å². The molecule has 2 heterocycles. The molecule has 0 radical (unpaired) electrons. The molecule has 2 aliphatic rings. The summed E-state index contributed by atoms with van der Waals surface area (Å²) >= 11 is 0. The third-order valence-electron chi connectivity index (χ3n) is 3.13. The van der Waals surface area contributed by atoms with Crippen molar-refractivity contribution in [3.8, 4) is 0 Å². The van der Waals surface area contributed by atoms with Crippen molar-refractivity contribution < 1.29 is 24.5 Å². The van der Waals surface area contributed by atoms with Crippen LogP contribution in [-0.4, -0.2) is 41.1 Å². The number of β-lactam (4-membered cyclic amide) rings is 1. The molecular formula is C10H12NO5-. The zero-order chi connectivity index (χ0) is 12.0. The molecule has 16 heavy (non-hydrogen) atoms. The summed E-state index contributed by atoms with van der Waals surface area (Å²) in [4.78, 5) is 23.7. The van der Waals surface area contributed by atoms with Crippen molar-refractivity contribution in [3.63, 3.8) is 0 Å². The summed E-state index contributed by atoms with van der Waals surface area (Å²) in [6.45, 7) is 1.52. The molecule has 0 unspecified atom stereocenters. The molecule has 1 fully saturated rings. The van der Waals surface area contributed by atoms with Crippen LogP contribution in [0, 0.1) is 5.92 Å². The molecule has 0 aliphatic carbocycles. The van der Waals surface area contributed by atoms with Gasteiger partial charge in [0, 0.05) is 6.42 Å². The van der Waals surface area contributed by atoms with E-state index < -0.39 is 18.0 Å². The lowest BCUT2D eigenvalue weighted by atomic mass is 9.83. The molecule has 6 nitrogen and oxygen atoms in total. The molecule has 1 saturated heterocycles. The van der Waals surface area contributed by atoms with E-state index in [1.54, 1.807) is 0 Å². The van der Waals surface area contributed by atoms with Crippen LogP contribution in [0.2, 0.25) is 0 Å². The molecule has 6 heteroatoms. The lowest BCUT2D eigenvalue weighted by Crippen LogP contribution is -2.62. The van der Waals surface area contributed by atoms with Crippen LogP contribution in [0.25, 0.3) is 0 Å². The maximum absolute atomic E-state index is 11.6. The predicted octanol–water partition coefficient (Wildman–Crippen LogP) is -1.79. The zero-order valence-corrected chi connectivity index (χ0v) is 8.97. The summed E-state index contributed by atoms with van der Waals surface area (Å²) in [6, 6.07) is -0.310. The molecule has 1 amide bonds. The van der Waals surface area contributed by atoms with Crippen LogP contribution < -0.4 is 5.11 Å². The maximum Gasteiger partial charge on any atom is 0.235 e. The van der Waals surface area contributed by atoms with Crippen LogP contribution in [-0.2, 0) is 14.3 Å². The van der Waals surface area contributed by atoms with Crippen molar-refractivity contribution in [2.45, 2.75) is 25.5 Å². The Morgan fingerprint density at radius 1 is 1.69 bits per heavy atom. The number of aliphatic carboxylic acids is 1. The first-order valence-electron chi connectivity index (χ1n) is 4.98. The monoisotopic (exact) mass is 226 g/mol. The Labute approximate surface area is 92.1 Å². The maximum atomic E-state index is 11.6. The number of carboxylic acids is 1. The molecule has 88 valence electrons. The van der Waals surface area contributed by atoms with Crippen LogP contribution >= 0.6 is 0 Å². The molecule has 0 bridgehead atoms. The second-order valence-corrected chi connectivity index (χ2v) is 4.01. The number of aliphatic hydroxyl groups excluding tert-OH is 1. The number of hydrogen-bond donors (Lipinski definition) is 1. The summed E-state index contributed by atoms with van der Waals surface area (Å²) in [5.41, 5.74) is -0.200. The highest BCUT2D eigenvalue weighted by atomic mass is 16.5. The molecule has 2 aliphatic heterocycles. The quantitative estimate of drug-likeness (QED) is 0.574.